The van der Waals surface area contributed by atoms with Gasteiger partial charge in [0.1, 0.15) is 5.76 Å². The SMILES string of the molecule is O=[N+]([O-])c1ccccc1CN=C(NCCc1ccco1)Nc1ccc2c(c1)OCCCO2. The molecular formula is C23H24N4O5. The molecule has 0 spiro atoms. The van der Waals surface area contributed by atoms with Crippen molar-refractivity contribution in [3.8, 4) is 11.5 Å². The molecule has 1 aliphatic rings. The van der Waals surface area contributed by atoms with Gasteiger partial charge >= 0.3 is 0 Å². The summed E-state index contributed by atoms with van der Waals surface area (Å²) in [4.78, 5) is 15.5. The largest absolute Gasteiger partial charge is 0.490 e. The number of hydrogen-bond donors (Lipinski definition) is 2. The lowest BCUT2D eigenvalue weighted by atomic mass is 10.2. The second kappa shape index (κ2) is 10.3. The van der Waals surface area contributed by atoms with E-state index in [1.165, 1.54) is 6.07 Å². The van der Waals surface area contributed by atoms with E-state index in [1.54, 1.807) is 24.5 Å². The minimum atomic E-state index is -0.397. The highest BCUT2D eigenvalue weighted by Crippen LogP contribution is 2.32. The van der Waals surface area contributed by atoms with Crippen molar-refractivity contribution in [3.05, 3.63) is 82.3 Å². The maximum absolute atomic E-state index is 11.3. The quantitative estimate of drug-likeness (QED) is 0.248. The van der Waals surface area contributed by atoms with Crippen LogP contribution in [0.1, 0.15) is 17.7 Å². The van der Waals surface area contributed by atoms with E-state index in [1.807, 2.05) is 30.3 Å². The third-order valence-electron chi connectivity index (χ3n) is 4.85. The molecule has 0 saturated heterocycles. The summed E-state index contributed by atoms with van der Waals surface area (Å²) in [5, 5.41) is 17.8. The van der Waals surface area contributed by atoms with Crippen LogP contribution < -0.4 is 20.1 Å². The number of para-hydroxylation sites is 1. The van der Waals surface area contributed by atoms with Crippen molar-refractivity contribution >= 4 is 17.3 Å². The van der Waals surface area contributed by atoms with E-state index in [9.17, 15) is 10.1 Å². The monoisotopic (exact) mass is 436 g/mol. The average molecular weight is 436 g/mol. The highest BCUT2D eigenvalue weighted by molar-refractivity contribution is 5.94. The molecule has 2 heterocycles. The van der Waals surface area contributed by atoms with E-state index in [2.05, 4.69) is 15.6 Å². The first kappa shape index (κ1) is 21.2. The summed E-state index contributed by atoms with van der Waals surface area (Å²) in [7, 11) is 0. The number of ether oxygens (including phenoxy) is 2. The van der Waals surface area contributed by atoms with E-state index in [0.717, 1.165) is 17.9 Å². The molecule has 0 bridgehead atoms. The van der Waals surface area contributed by atoms with Gasteiger partial charge < -0.3 is 24.5 Å². The van der Waals surface area contributed by atoms with E-state index in [-0.39, 0.29) is 12.2 Å². The number of hydrogen-bond acceptors (Lipinski definition) is 6. The summed E-state index contributed by atoms with van der Waals surface area (Å²) >= 11 is 0. The number of aliphatic imine (C=N–C) groups is 1. The summed E-state index contributed by atoms with van der Waals surface area (Å²) in [6.07, 6.45) is 3.13. The van der Waals surface area contributed by atoms with Gasteiger partial charge in [-0.2, -0.15) is 0 Å². The normalized spacial score (nSPS) is 13.3. The van der Waals surface area contributed by atoms with Crippen LogP contribution in [0.15, 0.2) is 70.3 Å². The molecule has 166 valence electrons. The van der Waals surface area contributed by atoms with Crippen LogP contribution >= 0.6 is 0 Å². The molecule has 2 N–H and O–H groups in total. The van der Waals surface area contributed by atoms with Crippen LogP contribution in [0.5, 0.6) is 11.5 Å². The van der Waals surface area contributed by atoms with Gasteiger partial charge in [-0.15, -0.1) is 0 Å². The number of nitrogens with one attached hydrogen (secondary N) is 2. The molecule has 1 aliphatic heterocycles. The molecule has 0 unspecified atom stereocenters. The number of furan rings is 1. The molecule has 2 aromatic carbocycles. The Kier molecular flexibility index (Phi) is 6.86. The van der Waals surface area contributed by atoms with Crippen molar-refractivity contribution in [1.29, 1.82) is 0 Å². The lowest BCUT2D eigenvalue weighted by Crippen LogP contribution is -2.32. The Morgan fingerprint density at radius 3 is 2.72 bits per heavy atom. The number of nitro benzene ring substituents is 1. The summed E-state index contributed by atoms with van der Waals surface area (Å²) in [6.45, 7) is 1.94. The predicted octanol–water partition coefficient (Wildman–Crippen LogP) is 4.15. The summed E-state index contributed by atoms with van der Waals surface area (Å²) in [6, 6.07) is 15.9. The standard InChI is InChI=1S/C23H24N4O5/c28-27(29)20-7-2-1-5-17(20)16-25-23(24-11-10-19-6-3-12-30-19)26-18-8-9-21-22(15-18)32-14-4-13-31-21/h1-3,5-9,12,15H,4,10-11,13-14,16H2,(H2,24,25,26). The Bertz CT molecular complexity index is 1080. The third-order valence-corrected chi connectivity index (χ3v) is 4.85. The number of nitro groups is 1. The number of rotatable bonds is 7. The molecule has 1 aromatic heterocycles. The van der Waals surface area contributed by atoms with Gasteiger partial charge in [-0.25, -0.2) is 4.99 Å². The van der Waals surface area contributed by atoms with Gasteiger partial charge in [0.25, 0.3) is 5.69 Å². The van der Waals surface area contributed by atoms with E-state index in [0.29, 0.717) is 49.2 Å². The lowest BCUT2D eigenvalue weighted by molar-refractivity contribution is -0.385. The second-order valence-electron chi connectivity index (χ2n) is 7.14. The zero-order valence-corrected chi connectivity index (χ0v) is 17.5. The topological polar surface area (TPSA) is 111 Å². The number of nitrogens with zero attached hydrogens (tertiary/aromatic N) is 2. The third kappa shape index (κ3) is 5.57. The molecule has 0 radical (unpaired) electrons. The van der Waals surface area contributed by atoms with Gasteiger partial charge in [0.2, 0.25) is 0 Å². The van der Waals surface area contributed by atoms with Crippen LogP contribution in [0, 0.1) is 10.1 Å². The minimum Gasteiger partial charge on any atom is -0.490 e. The number of fused-ring (bicyclic) bond motifs is 1. The average Bonchev–Trinajstić information content (AvgIpc) is 3.21. The van der Waals surface area contributed by atoms with Crippen molar-refractivity contribution in [3.63, 3.8) is 0 Å². The van der Waals surface area contributed by atoms with Crippen LogP contribution in [-0.2, 0) is 13.0 Å². The summed E-state index contributed by atoms with van der Waals surface area (Å²) in [5.41, 5.74) is 1.34. The van der Waals surface area contributed by atoms with Crippen LogP contribution in [-0.4, -0.2) is 30.6 Å². The predicted molar refractivity (Wildman–Crippen MR) is 120 cm³/mol. The molecule has 4 rings (SSSR count). The smallest absolute Gasteiger partial charge is 0.274 e. The molecule has 0 amide bonds. The molecule has 0 fully saturated rings. The van der Waals surface area contributed by atoms with Gasteiger partial charge in [-0.3, -0.25) is 10.1 Å². The summed E-state index contributed by atoms with van der Waals surface area (Å²) in [5.74, 6) is 2.72. The van der Waals surface area contributed by atoms with E-state index >= 15 is 0 Å². The Hall–Kier alpha value is -4.01. The molecular weight excluding hydrogens is 412 g/mol. The zero-order valence-electron chi connectivity index (χ0n) is 17.5. The van der Waals surface area contributed by atoms with Crippen molar-refractivity contribution in [1.82, 2.24) is 5.32 Å². The highest BCUT2D eigenvalue weighted by atomic mass is 16.6. The maximum Gasteiger partial charge on any atom is 0.274 e. The van der Waals surface area contributed by atoms with Gasteiger partial charge in [0.05, 0.1) is 36.5 Å². The molecule has 0 saturated carbocycles. The van der Waals surface area contributed by atoms with Crippen LogP contribution in [0.3, 0.4) is 0 Å². The maximum atomic E-state index is 11.3. The molecule has 3 aromatic rings. The second-order valence-corrected chi connectivity index (χ2v) is 7.14. The zero-order chi connectivity index (χ0) is 22.2. The van der Waals surface area contributed by atoms with Gasteiger partial charge in [-0.05, 0) is 24.3 Å². The first-order chi connectivity index (χ1) is 15.7. The highest BCUT2D eigenvalue weighted by Gasteiger charge is 2.14. The fourth-order valence-corrected chi connectivity index (χ4v) is 3.26. The molecule has 0 aliphatic carbocycles. The van der Waals surface area contributed by atoms with Gasteiger partial charge in [0, 0.05) is 37.2 Å². The van der Waals surface area contributed by atoms with Crippen LogP contribution in [0.2, 0.25) is 0 Å². The molecule has 9 nitrogen and oxygen atoms in total. The van der Waals surface area contributed by atoms with Crippen molar-refractivity contribution in [2.75, 3.05) is 25.1 Å². The fraction of sp³-hybridized carbons (Fsp3) is 0.261. The molecule has 9 heteroatoms. The Morgan fingerprint density at radius 1 is 1.06 bits per heavy atom. The van der Waals surface area contributed by atoms with Crippen LogP contribution in [0.25, 0.3) is 0 Å². The molecule has 0 atom stereocenters. The Morgan fingerprint density at radius 2 is 1.91 bits per heavy atom. The van der Waals surface area contributed by atoms with Crippen molar-refractivity contribution in [2.24, 2.45) is 4.99 Å². The van der Waals surface area contributed by atoms with E-state index in [4.69, 9.17) is 13.9 Å². The lowest BCUT2D eigenvalue weighted by Gasteiger charge is -2.14. The Balaban J connectivity index is 1.51. The van der Waals surface area contributed by atoms with E-state index < -0.39 is 4.92 Å². The fourth-order valence-electron chi connectivity index (χ4n) is 3.26. The molecule has 32 heavy (non-hydrogen) atoms. The van der Waals surface area contributed by atoms with Gasteiger partial charge in [0.15, 0.2) is 17.5 Å². The van der Waals surface area contributed by atoms with Crippen LogP contribution in [0.4, 0.5) is 11.4 Å². The number of guanidine groups is 1. The van der Waals surface area contributed by atoms with Crippen molar-refractivity contribution in [2.45, 2.75) is 19.4 Å². The number of benzene rings is 2. The summed E-state index contributed by atoms with van der Waals surface area (Å²) < 4.78 is 16.8. The minimum absolute atomic E-state index is 0.0433. The van der Waals surface area contributed by atoms with Crippen molar-refractivity contribution < 1.29 is 18.8 Å². The first-order valence-corrected chi connectivity index (χ1v) is 10.4. The van der Waals surface area contributed by atoms with Gasteiger partial charge in [-0.1, -0.05) is 18.2 Å². The Labute approximate surface area is 185 Å². The first-order valence-electron chi connectivity index (χ1n) is 10.4. The number of anilines is 1.